The predicted octanol–water partition coefficient (Wildman–Crippen LogP) is 16.9. The number of guanidine groups is 6. The van der Waals surface area contributed by atoms with Crippen LogP contribution in [0.3, 0.4) is 0 Å². The molecular weight excluding hydrogens is 1780 g/mol. The van der Waals surface area contributed by atoms with Crippen LogP contribution in [0.25, 0.3) is 0 Å². The maximum absolute atomic E-state index is 12.5. The molecule has 0 aromatic heterocycles. The Morgan fingerprint density at radius 2 is 0.828 bits per heavy atom. The van der Waals surface area contributed by atoms with Gasteiger partial charge >= 0.3 is 0 Å². The van der Waals surface area contributed by atoms with Crippen LogP contribution in [0.1, 0.15) is 263 Å². The van der Waals surface area contributed by atoms with Crippen LogP contribution in [0.2, 0.25) is 0 Å². The first-order valence-corrected chi connectivity index (χ1v) is 46.8. The lowest BCUT2D eigenvalue weighted by atomic mass is 9.86. The van der Waals surface area contributed by atoms with Gasteiger partial charge in [0.1, 0.15) is 40.0 Å². The molecule has 0 aliphatic heterocycles. The van der Waals surface area contributed by atoms with Gasteiger partial charge in [0.25, 0.3) is 0 Å². The molecule has 7 aromatic carbocycles. The number of alkyl halides is 6. The van der Waals surface area contributed by atoms with E-state index in [9.17, 15) is 35.9 Å². The van der Waals surface area contributed by atoms with Crippen molar-refractivity contribution < 1.29 is 35.9 Å². The number of aryl methyl sites for hydroxylation is 2. The highest BCUT2D eigenvalue weighted by molar-refractivity contribution is 9.10. The van der Waals surface area contributed by atoms with Crippen LogP contribution in [-0.2, 0) is 44.9 Å². The highest BCUT2D eigenvalue weighted by atomic mass is 79.9. The van der Waals surface area contributed by atoms with Crippen molar-refractivity contribution in [3.05, 3.63) is 244 Å². The summed E-state index contributed by atoms with van der Waals surface area (Å²) in [6.07, 6.45) is 30.3. The lowest BCUT2D eigenvalue weighted by Gasteiger charge is -2.22. The van der Waals surface area contributed by atoms with Crippen molar-refractivity contribution in [2.45, 2.75) is 205 Å². The molecule has 0 heterocycles. The summed E-state index contributed by atoms with van der Waals surface area (Å²) in [6.45, 7) is 7.09. The molecule has 26 nitrogen and oxygen atoms in total. The minimum Gasteiger partial charge on any atom is -0.349 e. The van der Waals surface area contributed by atoms with Gasteiger partial charge in [0.05, 0.1) is 75.5 Å². The van der Waals surface area contributed by atoms with E-state index < -0.39 is 40.0 Å². The van der Waals surface area contributed by atoms with Gasteiger partial charge in [-0.25, -0.2) is 56.3 Å². The predicted molar refractivity (Wildman–Crippen MR) is 517 cm³/mol. The molecule has 14 rings (SSSR count). The van der Waals surface area contributed by atoms with Crippen molar-refractivity contribution in [2.75, 3.05) is 79.3 Å². The standard InChI is InChI=1S/C21H23FN4O.C18H23FN4.C17H21FN4.C16H19FN4O.C16H21FN4.C13H14BrFN4/c1-2-20(27)18-10-6-7-16(13-18)14-19(17-8-4-3-5-9-17)26-21(25-15-23)24-12-11-22;19-10-11-21-18(22-12-20)23-17-9-8-15-14(6-3-7-16(15)17)13-4-1-2-5-13;18-9-10-20-17(21-11-19)22-16-8-7-14-13-4-2-1-3-12(13)5-6-15(14)16;1-2-15(22)13-5-3-4-12-11(13)6-7-14(12)21-16(20-10-18)19-9-8-17;1-10-4-5-13-14(8-10)11(2)12(3)15(13)21-16(20-9-18)19-7-6-17;14-11-3-1-2-10-9(11)4-5-12(10)19-13(18-8-16)17-7-6-15/h3-10,13,19H,2,11-12,14H2,1H3,(H2,24,25,26);3,6-7,13,17H,1-2,4-5,8-11H2,(H2,21,22,23);5-6,16H,1-4,7-10H2,(H2,20,21,22);3-5,14H,2,6-9H2,1H3,(H2,19,20,21);4-5,8,11-12,15H,6-7H2,1-3H3,(H2,19,20,21);1-3,12H,4-7H2,(H2,17,18,19)/t;17-;;;;/m.0..../s1. The van der Waals surface area contributed by atoms with Gasteiger partial charge in [-0.05, 0) is 217 Å². The molecule has 0 saturated heterocycles. The van der Waals surface area contributed by atoms with Crippen LogP contribution in [-0.4, -0.2) is 127 Å². The maximum Gasteiger partial charge on any atom is 0.205 e. The van der Waals surface area contributed by atoms with Gasteiger partial charge in [0, 0.05) is 28.4 Å². The number of halogens is 7. The Morgan fingerprint density at radius 1 is 0.403 bits per heavy atom. The molecular formula is C101H121BrF6N24O2. The van der Waals surface area contributed by atoms with E-state index in [1.165, 1.54) is 113 Å². The number of Topliss-reactive ketones (excluding diaryl/α,β-unsaturated/α-hetero) is 2. The lowest BCUT2D eigenvalue weighted by molar-refractivity contribution is 0.0979. The summed E-state index contributed by atoms with van der Waals surface area (Å²) in [5, 5.41) is 86.9. The fourth-order valence-corrected chi connectivity index (χ4v) is 18.8. The number of nitriles is 6. The number of rotatable bonds is 26. The largest absolute Gasteiger partial charge is 0.349 e. The Labute approximate surface area is 791 Å². The van der Waals surface area contributed by atoms with Crippen LogP contribution < -0.4 is 63.8 Å². The van der Waals surface area contributed by atoms with E-state index in [0.29, 0.717) is 66.4 Å². The first-order valence-electron chi connectivity index (χ1n) is 46.0. The van der Waals surface area contributed by atoms with Crippen molar-refractivity contribution in [1.82, 2.24) is 63.8 Å². The van der Waals surface area contributed by atoms with Crippen molar-refractivity contribution in [3.63, 3.8) is 0 Å². The number of ketones is 2. The highest BCUT2D eigenvalue weighted by Crippen LogP contribution is 2.46. The maximum atomic E-state index is 12.5. The normalized spacial score (nSPS) is 18.4. The van der Waals surface area contributed by atoms with Crippen molar-refractivity contribution >= 4 is 63.3 Å². The van der Waals surface area contributed by atoms with E-state index in [1.807, 2.05) is 130 Å². The van der Waals surface area contributed by atoms with Crippen molar-refractivity contribution in [2.24, 2.45) is 35.9 Å². The highest BCUT2D eigenvalue weighted by Gasteiger charge is 2.37. The molecule has 1 saturated carbocycles. The zero-order valence-corrected chi connectivity index (χ0v) is 78.3. The molecule has 0 radical (unpaired) electrons. The van der Waals surface area contributed by atoms with E-state index >= 15 is 0 Å². The zero-order valence-electron chi connectivity index (χ0n) is 76.7. The number of carbonyl (C=O) groups is 2. The number of hydrogen-bond acceptors (Lipinski definition) is 14. The molecule has 7 unspecified atom stereocenters. The van der Waals surface area contributed by atoms with Gasteiger partial charge in [-0.15, -0.1) is 0 Å². The van der Waals surface area contributed by atoms with E-state index in [2.05, 4.69) is 185 Å². The fraction of sp³-hybridized carbons (Fsp3) is 0.446. The summed E-state index contributed by atoms with van der Waals surface area (Å²) in [5.74, 6) is 3.65. The Morgan fingerprint density at radius 3 is 1.34 bits per heavy atom. The van der Waals surface area contributed by atoms with Crippen LogP contribution in [0.15, 0.2) is 174 Å². The topological polar surface area (TPSA) is 395 Å². The van der Waals surface area contributed by atoms with Crippen LogP contribution in [0.5, 0.6) is 0 Å². The second kappa shape index (κ2) is 56.4. The third-order valence-electron chi connectivity index (χ3n) is 24.6. The number of nitrogens with zero attached hydrogens (tertiary/aromatic N) is 12. The summed E-state index contributed by atoms with van der Waals surface area (Å²) < 4.78 is 74.9. The van der Waals surface area contributed by atoms with Crippen LogP contribution >= 0.6 is 15.9 Å². The summed E-state index contributed by atoms with van der Waals surface area (Å²) in [6, 6.07) is 46.8. The second-order valence-electron chi connectivity index (χ2n) is 32.9. The molecule has 12 N–H and O–H groups in total. The zero-order chi connectivity index (χ0) is 95.9. The molecule has 33 heteroatoms. The Balaban J connectivity index is 0.000000181. The molecule has 8 atom stereocenters. The minimum absolute atomic E-state index is 0.00491. The van der Waals surface area contributed by atoms with E-state index in [1.54, 1.807) is 11.8 Å². The molecule has 7 aromatic rings. The molecule has 7 aliphatic carbocycles. The Kier molecular flexibility index (Phi) is 43.9. The van der Waals surface area contributed by atoms with E-state index in [-0.39, 0.29) is 99.0 Å². The third kappa shape index (κ3) is 30.3. The number of hydrogen-bond donors (Lipinski definition) is 12. The van der Waals surface area contributed by atoms with Gasteiger partial charge in [-0.1, -0.05) is 189 Å². The summed E-state index contributed by atoms with van der Waals surface area (Å²) >= 11 is 3.54. The number of carbonyl (C=O) groups excluding carboxylic acids is 2. The van der Waals surface area contributed by atoms with Crippen molar-refractivity contribution in [1.29, 1.82) is 31.6 Å². The van der Waals surface area contributed by atoms with E-state index in [0.717, 1.165) is 83.7 Å². The smallest absolute Gasteiger partial charge is 0.205 e. The first kappa shape index (κ1) is 104. The molecule has 1 fully saturated rings. The molecule has 0 amide bonds. The molecule has 7 aliphatic rings. The van der Waals surface area contributed by atoms with Crippen LogP contribution in [0.4, 0.5) is 26.3 Å². The summed E-state index contributed by atoms with van der Waals surface area (Å²) in [5.41, 5.74) is 22.0. The van der Waals surface area contributed by atoms with Gasteiger partial charge in [-0.2, -0.15) is 31.6 Å². The number of aliphatic imine (C=N–C) groups is 6. The quantitative estimate of drug-likeness (QED) is 0.00598. The fourth-order valence-electron chi connectivity index (χ4n) is 18.2. The van der Waals surface area contributed by atoms with Gasteiger partial charge in [0.2, 0.25) is 35.8 Å². The van der Waals surface area contributed by atoms with E-state index in [4.69, 9.17) is 31.6 Å². The molecule has 706 valence electrons. The molecule has 0 bridgehead atoms. The molecule has 134 heavy (non-hydrogen) atoms. The SMILES string of the molecule is CCC(=O)c1cccc(CC(NC(=NCCF)NC#N)c2ccccc2)c1.CCC(=O)c1cccc2c1CCC2NC(=NCCF)NC#N.Cc1ccc2c(c1)C(C)C(C)C2NC(=NCCF)NC#N.N#CNC(=NCCF)NC1CCc2c(Br)cccc21.N#CNC(=NCCF)NC1CCc2c1ccc1c2CCCC1.N#CNC(=NCCF)N[C@H]1CCc2c(C3CCCC3)cccc21. The first-order chi connectivity index (χ1) is 65.4. The average Bonchev–Trinajstić information content (AvgIpc) is 1.63. The summed E-state index contributed by atoms with van der Waals surface area (Å²) in [4.78, 5) is 48.1. The second-order valence-corrected chi connectivity index (χ2v) is 33.8. The summed E-state index contributed by atoms with van der Waals surface area (Å²) in [7, 11) is 0. The monoisotopic (exact) mass is 1890 g/mol. The lowest BCUT2D eigenvalue weighted by Crippen LogP contribution is -2.39. The third-order valence-corrected chi connectivity index (χ3v) is 25.3. The minimum atomic E-state index is -0.602. The van der Waals surface area contributed by atoms with Crippen molar-refractivity contribution in [3.8, 4) is 37.2 Å². The van der Waals surface area contributed by atoms with Crippen LogP contribution in [0, 0.1) is 81.6 Å². The van der Waals surface area contributed by atoms with Gasteiger partial charge in [-0.3, -0.25) is 41.5 Å². The number of fused-ring (bicyclic) bond motifs is 7. The Bertz CT molecular complexity index is 5490. The van der Waals surface area contributed by atoms with Gasteiger partial charge in [0.15, 0.2) is 48.7 Å². The average molecular weight is 1900 g/mol. The number of nitrogens with one attached hydrogen (secondary N) is 12. The van der Waals surface area contributed by atoms with Gasteiger partial charge < -0.3 is 31.9 Å². The molecule has 0 spiro atoms. The Hall–Kier alpha value is -13.5. The number of benzene rings is 7.